The van der Waals surface area contributed by atoms with Crippen LogP contribution in [-0.4, -0.2) is 24.7 Å². The highest BCUT2D eigenvalue weighted by molar-refractivity contribution is 5.89. The number of carbonyl (C=O) groups is 1. The summed E-state index contributed by atoms with van der Waals surface area (Å²) in [6.45, 7) is 1.11. The van der Waals surface area contributed by atoms with Gasteiger partial charge in [-0.15, -0.1) is 0 Å². The fraction of sp³-hybridized carbons (Fsp3) is 0.235. The molecule has 0 amide bonds. The van der Waals surface area contributed by atoms with E-state index in [-0.39, 0.29) is 5.97 Å². The molecule has 0 aliphatic heterocycles. The van der Waals surface area contributed by atoms with Gasteiger partial charge in [0, 0.05) is 13.1 Å². The third-order valence-corrected chi connectivity index (χ3v) is 3.23. The molecule has 0 aromatic heterocycles. The average Bonchev–Trinajstić information content (AvgIpc) is 2.55. The van der Waals surface area contributed by atoms with Crippen LogP contribution in [-0.2, 0) is 11.3 Å². The summed E-state index contributed by atoms with van der Waals surface area (Å²) in [6, 6.07) is 16.7. The van der Waals surface area contributed by atoms with Gasteiger partial charge in [0.2, 0.25) is 0 Å². The van der Waals surface area contributed by atoms with Crippen LogP contribution >= 0.6 is 0 Å². The minimum atomic E-state index is -0.527. The molecule has 0 aliphatic carbocycles. The Morgan fingerprint density at radius 3 is 2.43 bits per heavy atom. The number of methoxy groups -OCH3 is 1. The zero-order valence-corrected chi connectivity index (χ0v) is 12.0. The summed E-state index contributed by atoms with van der Waals surface area (Å²) in [5.74, 6) is -0.339. The summed E-state index contributed by atoms with van der Waals surface area (Å²) in [4.78, 5) is 11.3. The summed E-state index contributed by atoms with van der Waals surface area (Å²) >= 11 is 0. The third-order valence-electron chi connectivity index (χ3n) is 3.23. The molecule has 0 saturated heterocycles. The maximum atomic E-state index is 11.3. The predicted octanol–water partition coefficient (Wildman–Crippen LogP) is 2.30. The molecule has 0 heterocycles. The summed E-state index contributed by atoms with van der Waals surface area (Å²) in [6.07, 6.45) is -0.527. The molecule has 2 N–H and O–H groups in total. The van der Waals surface area contributed by atoms with E-state index >= 15 is 0 Å². The summed E-state index contributed by atoms with van der Waals surface area (Å²) in [7, 11) is 1.36. The zero-order valence-electron chi connectivity index (χ0n) is 12.0. The molecular formula is C17H19NO3. The largest absolute Gasteiger partial charge is 0.465 e. The lowest BCUT2D eigenvalue weighted by molar-refractivity contribution is 0.0600. The van der Waals surface area contributed by atoms with Gasteiger partial charge in [-0.05, 0) is 23.3 Å². The molecule has 0 aliphatic rings. The number of aliphatic hydroxyl groups excluding tert-OH is 1. The van der Waals surface area contributed by atoms with Crippen LogP contribution in [0.5, 0.6) is 0 Å². The number of hydrogen-bond acceptors (Lipinski definition) is 4. The molecule has 2 aromatic carbocycles. The van der Waals surface area contributed by atoms with E-state index < -0.39 is 6.10 Å². The van der Waals surface area contributed by atoms with Crippen LogP contribution in [0.2, 0.25) is 0 Å². The van der Waals surface area contributed by atoms with Crippen LogP contribution in [0.4, 0.5) is 0 Å². The number of esters is 1. The lowest BCUT2D eigenvalue weighted by atomic mass is 10.1. The van der Waals surface area contributed by atoms with Crippen LogP contribution in [0.1, 0.15) is 27.6 Å². The number of aliphatic hydroxyl groups is 1. The quantitative estimate of drug-likeness (QED) is 0.800. The van der Waals surface area contributed by atoms with Crippen LogP contribution in [0.15, 0.2) is 54.6 Å². The SMILES string of the molecule is COC(=O)c1ccc(CNCC(O)c2ccccc2)cc1. The monoisotopic (exact) mass is 285 g/mol. The Morgan fingerprint density at radius 1 is 1.14 bits per heavy atom. The topological polar surface area (TPSA) is 58.6 Å². The Kier molecular flexibility index (Phi) is 5.49. The number of carbonyl (C=O) groups excluding carboxylic acids is 1. The van der Waals surface area contributed by atoms with Gasteiger partial charge in [-0.2, -0.15) is 0 Å². The lowest BCUT2D eigenvalue weighted by Gasteiger charge is -2.12. The fourth-order valence-corrected chi connectivity index (χ4v) is 2.02. The lowest BCUT2D eigenvalue weighted by Crippen LogP contribution is -2.21. The van der Waals surface area contributed by atoms with Gasteiger partial charge in [0.15, 0.2) is 0 Å². The normalized spacial score (nSPS) is 11.9. The molecule has 1 unspecified atom stereocenters. The Balaban J connectivity index is 1.82. The second-order valence-electron chi connectivity index (χ2n) is 4.75. The number of rotatable bonds is 6. The number of benzene rings is 2. The molecule has 4 heteroatoms. The summed E-state index contributed by atoms with van der Waals surface area (Å²) < 4.78 is 4.65. The van der Waals surface area contributed by atoms with Crippen molar-refractivity contribution in [1.29, 1.82) is 0 Å². The smallest absolute Gasteiger partial charge is 0.337 e. The van der Waals surface area contributed by atoms with Crippen LogP contribution in [0.25, 0.3) is 0 Å². The molecule has 0 radical (unpaired) electrons. The molecule has 4 nitrogen and oxygen atoms in total. The fourth-order valence-electron chi connectivity index (χ4n) is 2.02. The predicted molar refractivity (Wildman–Crippen MR) is 80.9 cm³/mol. The maximum absolute atomic E-state index is 11.3. The van der Waals surface area contributed by atoms with Crippen LogP contribution < -0.4 is 5.32 Å². The van der Waals surface area contributed by atoms with Crippen molar-refractivity contribution in [3.8, 4) is 0 Å². The van der Waals surface area contributed by atoms with E-state index in [1.807, 2.05) is 42.5 Å². The van der Waals surface area contributed by atoms with Crippen molar-refractivity contribution in [2.24, 2.45) is 0 Å². The van der Waals surface area contributed by atoms with Gasteiger partial charge in [-0.1, -0.05) is 42.5 Å². The van der Waals surface area contributed by atoms with Crippen molar-refractivity contribution in [2.45, 2.75) is 12.6 Å². The van der Waals surface area contributed by atoms with Crippen molar-refractivity contribution in [3.05, 3.63) is 71.3 Å². The maximum Gasteiger partial charge on any atom is 0.337 e. The zero-order chi connectivity index (χ0) is 15.1. The first-order valence-corrected chi connectivity index (χ1v) is 6.81. The second-order valence-corrected chi connectivity index (χ2v) is 4.75. The van der Waals surface area contributed by atoms with E-state index in [0.717, 1.165) is 11.1 Å². The first-order valence-electron chi connectivity index (χ1n) is 6.81. The van der Waals surface area contributed by atoms with Crippen molar-refractivity contribution < 1.29 is 14.6 Å². The highest BCUT2D eigenvalue weighted by Crippen LogP contribution is 2.11. The van der Waals surface area contributed by atoms with Gasteiger partial charge in [-0.3, -0.25) is 0 Å². The molecule has 0 spiro atoms. The second kappa shape index (κ2) is 7.57. The van der Waals surface area contributed by atoms with E-state index in [1.54, 1.807) is 12.1 Å². The molecule has 110 valence electrons. The van der Waals surface area contributed by atoms with Crippen molar-refractivity contribution in [1.82, 2.24) is 5.32 Å². The molecule has 2 rings (SSSR count). The van der Waals surface area contributed by atoms with Gasteiger partial charge in [0.25, 0.3) is 0 Å². The van der Waals surface area contributed by atoms with Gasteiger partial charge >= 0.3 is 5.97 Å². The average molecular weight is 285 g/mol. The Morgan fingerprint density at radius 2 is 1.81 bits per heavy atom. The van der Waals surface area contributed by atoms with Crippen molar-refractivity contribution >= 4 is 5.97 Å². The van der Waals surface area contributed by atoms with Crippen molar-refractivity contribution in [2.75, 3.05) is 13.7 Å². The number of hydrogen-bond donors (Lipinski definition) is 2. The van der Waals surface area contributed by atoms with Gasteiger partial charge in [0.05, 0.1) is 18.8 Å². The molecule has 1 atom stereocenters. The number of ether oxygens (including phenoxy) is 1. The minimum absolute atomic E-state index is 0.339. The third kappa shape index (κ3) is 4.41. The Bertz CT molecular complexity index is 566. The Hall–Kier alpha value is -2.17. The summed E-state index contributed by atoms with van der Waals surface area (Å²) in [5, 5.41) is 13.2. The minimum Gasteiger partial charge on any atom is -0.465 e. The molecular weight excluding hydrogens is 266 g/mol. The molecule has 0 saturated carbocycles. The number of nitrogens with one attached hydrogen (secondary N) is 1. The van der Waals surface area contributed by atoms with E-state index in [4.69, 9.17) is 0 Å². The van der Waals surface area contributed by atoms with Crippen LogP contribution in [0, 0.1) is 0 Å². The van der Waals surface area contributed by atoms with E-state index in [1.165, 1.54) is 7.11 Å². The highest BCUT2D eigenvalue weighted by atomic mass is 16.5. The van der Waals surface area contributed by atoms with Gasteiger partial charge in [0.1, 0.15) is 0 Å². The van der Waals surface area contributed by atoms with E-state index in [0.29, 0.717) is 18.7 Å². The summed E-state index contributed by atoms with van der Waals surface area (Å²) in [5.41, 5.74) is 2.47. The Labute approximate surface area is 124 Å². The van der Waals surface area contributed by atoms with E-state index in [2.05, 4.69) is 10.1 Å². The van der Waals surface area contributed by atoms with Gasteiger partial charge < -0.3 is 15.2 Å². The first-order chi connectivity index (χ1) is 10.2. The van der Waals surface area contributed by atoms with Gasteiger partial charge in [-0.25, -0.2) is 4.79 Å². The molecule has 21 heavy (non-hydrogen) atoms. The first kappa shape index (κ1) is 15.2. The van der Waals surface area contributed by atoms with Crippen LogP contribution in [0.3, 0.4) is 0 Å². The standard InChI is InChI=1S/C17H19NO3/c1-21-17(20)15-9-7-13(8-10-15)11-18-12-16(19)14-5-3-2-4-6-14/h2-10,16,18-19H,11-12H2,1H3. The van der Waals surface area contributed by atoms with E-state index in [9.17, 15) is 9.90 Å². The molecule has 0 bridgehead atoms. The van der Waals surface area contributed by atoms with Crippen molar-refractivity contribution in [3.63, 3.8) is 0 Å². The molecule has 2 aromatic rings. The molecule has 0 fully saturated rings. The highest BCUT2D eigenvalue weighted by Gasteiger charge is 2.07.